The van der Waals surface area contributed by atoms with Gasteiger partial charge in [-0.1, -0.05) is 220 Å². The van der Waals surface area contributed by atoms with Crippen molar-refractivity contribution in [2.24, 2.45) is 5.92 Å². The van der Waals surface area contributed by atoms with Crippen molar-refractivity contribution in [3.8, 4) is 0 Å². The lowest BCUT2D eigenvalue weighted by atomic mass is 10.0. The summed E-state index contributed by atoms with van der Waals surface area (Å²) in [7, 11) is 0. The van der Waals surface area contributed by atoms with Gasteiger partial charge in [0.25, 0.3) is 0 Å². The van der Waals surface area contributed by atoms with Crippen molar-refractivity contribution in [3.05, 3.63) is 0 Å². The summed E-state index contributed by atoms with van der Waals surface area (Å²) in [6, 6.07) is 0. The molecule has 0 saturated heterocycles. The summed E-state index contributed by atoms with van der Waals surface area (Å²) in [6.45, 7) is 8.93. The quantitative estimate of drug-likeness (QED) is 0.0351. The van der Waals surface area contributed by atoms with Crippen LogP contribution in [0.25, 0.3) is 0 Å². The molecule has 0 aromatic heterocycles. The van der Waals surface area contributed by atoms with Gasteiger partial charge in [0.2, 0.25) is 0 Å². The van der Waals surface area contributed by atoms with Gasteiger partial charge in [0, 0.05) is 19.3 Å². The van der Waals surface area contributed by atoms with Crippen LogP contribution in [-0.4, -0.2) is 37.2 Å². The highest BCUT2D eigenvalue weighted by molar-refractivity contribution is 5.71. The van der Waals surface area contributed by atoms with E-state index in [4.69, 9.17) is 14.2 Å². The smallest absolute Gasteiger partial charge is 0.306 e. The number of unbranched alkanes of at least 4 members (excludes halogenated alkanes) is 29. The van der Waals surface area contributed by atoms with Crippen molar-refractivity contribution in [2.75, 3.05) is 13.2 Å². The highest BCUT2D eigenvalue weighted by atomic mass is 16.6. The molecule has 0 aliphatic rings. The Morgan fingerprint density at radius 2 is 0.623 bits per heavy atom. The number of hydrogen-bond donors (Lipinski definition) is 0. The zero-order valence-corrected chi connectivity index (χ0v) is 36.0. The standard InChI is InChI=1S/C47H90O6/c1-5-7-9-11-13-15-17-18-19-20-22-23-25-30-34-38-45(48)51-41-44(42-52-46(49)39-35-31-28-27-29-33-37-43(3)4)53-47(50)40-36-32-26-24-21-16-14-12-10-8-6-2/h43-44H,5-42H2,1-4H3/t44-/m0/s1. The monoisotopic (exact) mass is 751 g/mol. The summed E-state index contributed by atoms with van der Waals surface area (Å²) in [4.78, 5) is 37.7. The van der Waals surface area contributed by atoms with Gasteiger partial charge in [0.15, 0.2) is 6.10 Å². The van der Waals surface area contributed by atoms with Gasteiger partial charge in [0.05, 0.1) is 0 Å². The predicted octanol–water partition coefficient (Wildman–Crippen LogP) is 14.7. The van der Waals surface area contributed by atoms with Gasteiger partial charge in [-0.05, 0) is 25.2 Å². The van der Waals surface area contributed by atoms with E-state index < -0.39 is 6.10 Å². The van der Waals surface area contributed by atoms with Crippen LogP contribution < -0.4 is 0 Å². The number of rotatable bonds is 42. The van der Waals surface area contributed by atoms with Gasteiger partial charge in [-0.3, -0.25) is 14.4 Å². The minimum absolute atomic E-state index is 0.0643. The Hall–Kier alpha value is -1.59. The topological polar surface area (TPSA) is 78.9 Å². The molecule has 0 amide bonds. The lowest BCUT2D eigenvalue weighted by molar-refractivity contribution is -0.167. The van der Waals surface area contributed by atoms with Crippen molar-refractivity contribution in [1.82, 2.24) is 0 Å². The van der Waals surface area contributed by atoms with Crippen molar-refractivity contribution in [2.45, 2.75) is 265 Å². The molecule has 0 fully saturated rings. The summed E-state index contributed by atoms with van der Waals surface area (Å²) in [5.41, 5.74) is 0. The summed E-state index contributed by atoms with van der Waals surface area (Å²) >= 11 is 0. The molecule has 0 aliphatic heterocycles. The maximum absolute atomic E-state index is 12.7. The highest BCUT2D eigenvalue weighted by Crippen LogP contribution is 2.16. The van der Waals surface area contributed by atoms with Gasteiger partial charge in [-0.25, -0.2) is 0 Å². The Kier molecular flexibility index (Phi) is 40.3. The van der Waals surface area contributed by atoms with Gasteiger partial charge in [0.1, 0.15) is 13.2 Å². The molecule has 6 heteroatoms. The largest absolute Gasteiger partial charge is 0.462 e. The average Bonchev–Trinajstić information content (AvgIpc) is 3.14. The Morgan fingerprint density at radius 1 is 0.358 bits per heavy atom. The fourth-order valence-electron chi connectivity index (χ4n) is 6.98. The fourth-order valence-corrected chi connectivity index (χ4v) is 6.98. The second-order valence-electron chi connectivity index (χ2n) is 16.5. The van der Waals surface area contributed by atoms with Gasteiger partial charge >= 0.3 is 17.9 Å². The van der Waals surface area contributed by atoms with Crippen LogP contribution in [-0.2, 0) is 28.6 Å². The molecule has 0 heterocycles. The second-order valence-corrected chi connectivity index (χ2v) is 16.5. The second kappa shape index (κ2) is 41.6. The number of ether oxygens (including phenoxy) is 3. The molecule has 0 aromatic carbocycles. The van der Waals surface area contributed by atoms with E-state index in [1.54, 1.807) is 0 Å². The van der Waals surface area contributed by atoms with Crippen molar-refractivity contribution >= 4 is 17.9 Å². The number of esters is 3. The Morgan fingerprint density at radius 3 is 0.925 bits per heavy atom. The first kappa shape index (κ1) is 51.4. The van der Waals surface area contributed by atoms with Crippen LogP contribution in [0.5, 0.6) is 0 Å². The zero-order valence-electron chi connectivity index (χ0n) is 36.0. The minimum atomic E-state index is -0.759. The van der Waals surface area contributed by atoms with E-state index in [9.17, 15) is 14.4 Å². The molecule has 0 saturated carbocycles. The number of carbonyl (C=O) groups excluding carboxylic acids is 3. The first-order valence-electron chi connectivity index (χ1n) is 23.4. The molecule has 1 atom stereocenters. The molecule has 314 valence electrons. The maximum atomic E-state index is 12.7. The molecule has 0 radical (unpaired) electrons. The number of carbonyl (C=O) groups is 3. The van der Waals surface area contributed by atoms with Crippen LogP contribution in [0.3, 0.4) is 0 Å². The maximum Gasteiger partial charge on any atom is 0.306 e. The van der Waals surface area contributed by atoms with Crippen LogP contribution in [0.2, 0.25) is 0 Å². The van der Waals surface area contributed by atoms with Crippen LogP contribution >= 0.6 is 0 Å². The molecule has 0 aromatic rings. The SMILES string of the molecule is CCCCCCCCCCCCCCCCCC(=O)OC[C@@H](COC(=O)CCCCCCCCC(C)C)OC(=O)CCCCCCCCCCCCC. The molecular formula is C47H90O6. The van der Waals surface area contributed by atoms with Gasteiger partial charge in [-0.15, -0.1) is 0 Å². The van der Waals surface area contributed by atoms with Crippen LogP contribution in [0.1, 0.15) is 259 Å². The summed E-state index contributed by atoms with van der Waals surface area (Å²) < 4.78 is 16.7. The number of hydrogen-bond acceptors (Lipinski definition) is 6. The molecule has 6 nitrogen and oxygen atoms in total. The predicted molar refractivity (Wildman–Crippen MR) is 224 cm³/mol. The van der Waals surface area contributed by atoms with E-state index in [1.807, 2.05) is 0 Å². The fraction of sp³-hybridized carbons (Fsp3) is 0.936. The van der Waals surface area contributed by atoms with E-state index in [1.165, 1.54) is 154 Å². The Bertz CT molecular complexity index is 796. The van der Waals surface area contributed by atoms with E-state index >= 15 is 0 Å². The molecule has 0 unspecified atom stereocenters. The summed E-state index contributed by atoms with van der Waals surface area (Å²) in [5, 5.41) is 0. The van der Waals surface area contributed by atoms with Crippen molar-refractivity contribution in [1.29, 1.82) is 0 Å². The molecule has 53 heavy (non-hydrogen) atoms. The lowest BCUT2D eigenvalue weighted by Crippen LogP contribution is -2.30. The molecule has 0 aliphatic carbocycles. The molecule has 0 N–H and O–H groups in total. The highest BCUT2D eigenvalue weighted by Gasteiger charge is 2.19. The van der Waals surface area contributed by atoms with Gasteiger partial charge < -0.3 is 14.2 Å². The van der Waals surface area contributed by atoms with Crippen LogP contribution in [0, 0.1) is 5.92 Å². The Labute approximate surface area is 329 Å². The van der Waals surface area contributed by atoms with E-state index in [-0.39, 0.29) is 31.1 Å². The average molecular weight is 751 g/mol. The molecule has 0 rings (SSSR count). The van der Waals surface area contributed by atoms with E-state index in [0.29, 0.717) is 19.3 Å². The third-order valence-corrected chi connectivity index (χ3v) is 10.5. The molecule has 0 spiro atoms. The third-order valence-electron chi connectivity index (χ3n) is 10.5. The van der Waals surface area contributed by atoms with Gasteiger partial charge in [-0.2, -0.15) is 0 Å². The minimum Gasteiger partial charge on any atom is -0.462 e. The zero-order chi connectivity index (χ0) is 38.9. The molecule has 0 bridgehead atoms. The van der Waals surface area contributed by atoms with Crippen LogP contribution in [0.4, 0.5) is 0 Å². The lowest BCUT2D eigenvalue weighted by Gasteiger charge is -2.18. The Balaban J connectivity index is 4.28. The third kappa shape index (κ3) is 41.4. The normalized spacial score (nSPS) is 11.9. The first-order chi connectivity index (χ1) is 25.9. The van der Waals surface area contributed by atoms with Crippen molar-refractivity contribution in [3.63, 3.8) is 0 Å². The summed E-state index contributed by atoms with van der Waals surface area (Å²) in [5.74, 6) is -0.0937. The van der Waals surface area contributed by atoms with E-state index in [0.717, 1.165) is 63.7 Å². The molecular weight excluding hydrogens is 661 g/mol. The van der Waals surface area contributed by atoms with Crippen molar-refractivity contribution < 1.29 is 28.6 Å². The first-order valence-corrected chi connectivity index (χ1v) is 23.4. The summed E-state index contributed by atoms with van der Waals surface area (Å²) in [6.07, 6.45) is 41.0. The van der Waals surface area contributed by atoms with E-state index in [2.05, 4.69) is 27.7 Å². The van der Waals surface area contributed by atoms with Crippen LogP contribution in [0.15, 0.2) is 0 Å².